The fourth-order valence-electron chi connectivity index (χ4n) is 3.15. The summed E-state index contributed by atoms with van der Waals surface area (Å²) < 4.78 is 44.9. The number of ether oxygens (including phenoxy) is 1. The molecule has 0 bridgehead atoms. The number of nitrogens with zero attached hydrogens (tertiary/aromatic N) is 1. The zero-order valence-corrected chi connectivity index (χ0v) is 18.4. The van der Waals surface area contributed by atoms with E-state index in [0.717, 1.165) is 12.6 Å². The molecular weight excluding hydrogens is 470 g/mol. The predicted molar refractivity (Wildman–Crippen MR) is 113 cm³/mol. The van der Waals surface area contributed by atoms with Crippen LogP contribution in [0.5, 0.6) is 0 Å². The third-order valence-corrected chi connectivity index (χ3v) is 4.56. The van der Waals surface area contributed by atoms with E-state index in [1.807, 2.05) is 20.8 Å². The average Bonchev–Trinajstić information content (AvgIpc) is 2.60. The van der Waals surface area contributed by atoms with Crippen molar-refractivity contribution in [3.05, 3.63) is 35.4 Å². The maximum atomic E-state index is 13.1. The molecule has 8 heteroatoms. The Balaban J connectivity index is 0.00000364. The van der Waals surface area contributed by atoms with Gasteiger partial charge in [-0.15, -0.1) is 24.0 Å². The molecule has 1 aromatic carbocycles. The molecule has 0 saturated carbocycles. The maximum Gasteiger partial charge on any atom is 0.416 e. The molecule has 0 aliphatic carbocycles. The van der Waals surface area contributed by atoms with Crippen LogP contribution in [0.4, 0.5) is 13.2 Å². The van der Waals surface area contributed by atoms with E-state index in [4.69, 9.17) is 4.74 Å². The van der Waals surface area contributed by atoms with Gasteiger partial charge >= 0.3 is 6.18 Å². The first kappa shape index (κ1) is 24.0. The Bertz CT molecular complexity index is 614. The molecule has 1 heterocycles. The van der Waals surface area contributed by atoms with Gasteiger partial charge in [0.05, 0.1) is 12.1 Å². The molecule has 1 saturated heterocycles. The van der Waals surface area contributed by atoms with Crippen LogP contribution in [-0.4, -0.2) is 38.3 Å². The first-order chi connectivity index (χ1) is 12.3. The minimum atomic E-state index is -4.35. The lowest BCUT2D eigenvalue weighted by atomic mass is 9.74. The summed E-state index contributed by atoms with van der Waals surface area (Å²) in [6, 6.07) is 5.86. The standard InChI is InChI=1S/C19H28F3N3O.HI/c1-4-23-17(25-14(2)3)24-13-18(8-10-26-11-9-18)15-6-5-7-16(12-15)19(20,21)22;/h5-7,12,14H,4,8-11,13H2,1-3H3,(H2,23,24,25);1H. The second kappa shape index (κ2) is 10.5. The fourth-order valence-corrected chi connectivity index (χ4v) is 3.15. The van der Waals surface area contributed by atoms with Crippen LogP contribution in [0.3, 0.4) is 0 Å². The third kappa shape index (κ3) is 6.81. The first-order valence-electron chi connectivity index (χ1n) is 9.07. The molecule has 0 amide bonds. The van der Waals surface area contributed by atoms with Gasteiger partial charge in [0.1, 0.15) is 0 Å². The number of benzene rings is 1. The van der Waals surface area contributed by atoms with Gasteiger partial charge in [-0.2, -0.15) is 13.2 Å². The summed E-state index contributed by atoms with van der Waals surface area (Å²) >= 11 is 0. The number of halogens is 4. The lowest BCUT2D eigenvalue weighted by Gasteiger charge is -2.37. The van der Waals surface area contributed by atoms with Crippen LogP contribution in [0.15, 0.2) is 29.3 Å². The largest absolute Gasteiger partial charge is 0.416 e. The lowest BCUT2D eigenvalue weighted by Crippen LogP contribution is -2.43. The van der Waals surface area contributed by atoms with Crippen LogP contribution in [0.2, 0.25) is 0 Å². The first-order valence-corrected chi connectivity index (χ1v) is 9.07. The molecule has 2 N–H and O–H groups in total. The van der Waals surface area contributed by atoms with Crippen molar-refractivity contribution in [1.29, 1.82) is 0 Å². The van der Waals surface area contributed by atoms with Crippen LogP contribution >= 0.6 is 24.0 Å². The molecule has 4 nitrogen and oxygen atoms in total. The van der Waals surface area contributed by atoms with Crippen molar-refractivity contribution in [2.24, 2.45) is 4.99 Å². The zero-order chi connectivity index (χ0) is 19.2. The Morgan fingerprint density at radius 3 is 2.48 bits per heavy atom. The second-order valence-electron chi connectivity index (χ2n) is 6.97. The van der Waals surface area contributed by atoms with Gasteiger partial charge in [0.2, 0.25) is 0 Å². The Kier molecular flexibility index (Phi) is 9.33. The van der Waals surface area contributed by atoms with E-state index in [2.05, 4.69) is 15.6 Å². The van der Waals surface area contributed by atoms with Gasteiger partial charge in [-0.3, -0.25) is 4.99 Å². The Morgan fingerprint density at radius 2 is 1.93 bits per heavy atom. The van der Waals surface area contributed by atoms with Gasteiger partial charge in [-0.25, -0.2) is 0 Å². The van der Waals surface area contributed by atoms with Crippen molar-refractivity contribution in [2.75, 3.05) is 26.3 Å². The van der Waals surface area contributed by atoms with E-state index < -0.39 is 17.2 Å². The molecule has 1 fully saturated rings. The van der Waals surface area contributed by atoms with Crippen LogP contribution in [0.1, 0.15) is 44.7 Å². The molecule has 0 atom stereocenters. The molecule has 1 aliphatic rings. The van der Waals surface area contributed by atoms with Crippen LogP contribution in [0.25, 0.3) is 0 Å². The Labute approximate surface area is 176 Å². The predicted octanol–water partition coefficient (Wildman–Crippen LogP) is 4.34. The Morgan fingerprint density at radius 1 is 1.26 bits per heavy atom. The summed E-state index contributed by atoms with van der Waals surface area (Å²) in [7, 11) is 0. The molecule has 154 valence electrons. The molecule has 0 unspecified atom stereocenters. The molecule has 0 spiro atoms. The highest BCUT2D eigenvalue weighted by atomic mass is 127. The molecule has 27 heavy (non-hydrogen) atoms. The van der Waals surface area contributed by atoms with Gasteiger partial charge in [-0.05, 0) is 45.2 Å². The Hall–Kier alpha value is -1.03. The second-order valence-corrected chi connectivity index (χ2v) is 6.97. The summed E-state index contributed by atoms with van der Waals surface area (Å²) in [5.74, 6) is 0.681. The summed E-state index contributed by atoms with van der Waals surface area (Å²) in [4.78, 5) is 4.68. The van der Waals surface area contributed by atoms with Crippen LogP contribution < -0.4 is 10.6 Å². The van der Waals surface area contributed by atoms with Crippen molar-refractivity contribution < 1.29 is 17.9 Å². The SMILES string of the molecule is CCNC(=NCC1(c2cccc(C(F)(F)F)c2)CCOCC1)NC(C)C.I. The van der Waals surface area contributed by atoms with Gasteiger partial charge in [-0.1, -0.05) is 18.2 Å². The minimum absolute atomic E-state index is 0. The van der Waals surface area contributed by atoms with Gasteiger partial charge in [0.15, 0.2) is 5.96 Å². The number of rotatable bonds is 5. The van der Waals surface area contributed by atoms with E-state index in [-0.39, 0.29) is 30.0 Å². The average molecular weight is 499 g/mol. The number of alkyl halides is 3. The number of hydrogen-bond acceptors (Lipinski definition) is 2. The summed E-state index contributed by atoms with van der Waals surface area (Å²) in [6.45, 7) is 8.21. The highest BCUT2D eigenvalue weighted by Gasteiger charge is 2.37. The van der Waals surface area contributed by atoms with Gasteiger partial charge in [0, 0.05) is 31.2 Å². The zero-order valence-electron chi connectivity index (χ0n) is 16.0. The highest BCUT2D eigenvalue weighted by molar-refractivity contribution is 14.0. The summed E-state index contributed by atoms with van der Waals surface area (Å²) in [6.07, 6.45) is -3.04. The number of aliphatic imine (C=N–C) groups is 1. The van der Waals surface area contributed by atoms with E-state index in [0.29, 0.717) is 44.1 Å². The molecule has 1 aromatic rings. The quantitative estimate of drug-likeness (QED) is 0.360. The number of guanidine groups is 1. The minimum Gasteiger partial charge on any atom is -0.381 e. The van der Waals surface area contributed by atoms with Crippen LogP contribution in [-0.2, 0) is 16.3 Å². The van der Waals surface area contributed by atoms with Crippen molar-refractivity contribution in [3.63, 3.8) is 0 Å². The van der Waals surface area contributed by atoms with E-state index in [1.165, 1.54) is 12.1 Å². The number of nitrogens with one attached hydrogen (secondary N) is 2. The van der Waals surface area contributed by atoms with Crippen LogP contribution in [0, 0.1) is 0 Å². The van der Waals surface area contributed by atoms with Crippen molar-refractivity contribution in [2.45, 2.75) is 51.2 Å². The molecular formula is C19H29F3IN3O. The third-order valence-electron chi connectivity index (χ3n) is 4.56. The molecule has 0 aromatic heterocycles. The number of hydrogen-bond donors (Lipinski definition) is 2. The van der Waals surface area contributed by atoms with E-state index in [1.54, 1.807) is 6.07 Å². The smallest absolute Gasteiger partial charge is 0.381 e. The topological polar surface area (TPSA) is 45.7 Å². The summed E-state index contributed by atoms with van der Waals surface area (Å²) in [5, 5.41) is 6.44. The van der Waals surface area contributed by atoms with Crippen molar-refractivity contribution in [1.82, 2.24) is 10.6 Å². The highest BCUT2D eigenvalue weighted by Crippen LogP contribution is 2.38. The maximum absolute atomic E-state index is 13.1. The molecule has 2 rings (SSSR count). The van der Waals surface area contributed by atoms with Gasteiger partial charge < -0.3 is 15.4 Å². The fraction of sp³-hybridized carbons (Fsp3) is 0.632. The molecule has 0 radical (unpaired) electrons. The summed E-state index contributed by atoms with van der Waals surface area (Å²) in [5.41, 5.74) is -0.379. The molecule has 1 aliphatic heterocycles. The monoisotopic (exact) mass is 499 g/mol. The van der Waals surface area contributed by atoms with Crippen molar-refractivity contribution >= 4 is 29.9 Å². The van der Waals surface area contributed by atoms with Crippen molar-refractivity contribution in [3.8, 4) is 0 Å². The van der Waals surface area contributed by atoms with E-state index >= 15 is 0 Å². The van der Waals surface area contributed by atoms with Gasteiger partial charge in [0.25, 0.3) is 0 Å². The normalized spacial score (nSPS) is 17.4. The van der Waals surface area contributed by atoms with E-state index in [9.17, 15) is 13.2 Å². The lowest BCUT2D eigenvalue weighted by molar-refractivity contribution is -0.137.